The highest BCUT2D eigenvalue weighted by molar-refractivity contribution is 5.89. The first-order valence-corrected chi connectivity index (χ1v) is 6.07. The topological polar surface area (TPSA) is 81.7 Å². The summed E-state index contributed by atoms with van der Waals surface area (Å²) in [5, 5.41) is 2.68. The molecule has 6 heteroatoms. The van der Waals surface area contributed by atoms with Crippen molar-refractivity contribution in [1.82, 2.24) is 5.32 Å². The van der Waals surface area contributed by atoms with Gasteiger partial charge in [0, 0.05) is 13.0 Å². The van der Waals surface area contributed by atoms with Crippen LogP contribution in [0, 0.1) is 0 Å². The molecule has 0 aliphatic rings. The molecule has 1 amide bonds. The number of carbonyl (C=O) groups is 3. The Labute approximate surface area is 117 Å². The summed E-state index contributed by atoms with van der Waals surface area (Å²) in [5.74, 6) is -1.05. The maximum Gasteiger partial charge on any atom is 0.337 e. The largest absolute Gasteiger partial charge is 0.469 e. The molecule has 0 bridgehead atoms. The van der Waals surface area contributed by atoms with Crippen molar-refractivity contribution >= 4 is 17.8 Å². The van der Waals surface area contributed by atoms with Gasteiger partial charge in [0.15, 0.2) is 0 Å². The fourth-order valence-electron chi connectivity index (χ4n) is 1.48. The average Bonchev–Trinajstić information content (AvgIpc) is 2.50. The second kappa shape index (κ2) is 7.93. The zero-order valence-electron chi connectivity index (χ0n) is 11.5. The Bertz CT molecular complexity index is 481. The van der Waals surface area contributed by atoms with Crippen LogP contribution in [0.1, 0.15) is 28.8 Å². The van der Waals surface area contributed by atoms with Gasteiger partial charge < -0.3 is 14.8 Å². The maximum absolute atomic E-state index is 11.5. The van der Waals surface area contributed by atoms with Crippen LogP contribution in [0.4, 0.5) is 0 Å². The lowest BCUT2D eigenvalue weighted by atomic mass is 10.1. The number of hydrogen-bond acceptors (Lipinski definition) is 5. The predicted molar refractivity (Wildman–Crippen MR) is 70.9 cm³/mol. The molecule has 0 atom stereocenters. The van der Waals surface area contributed by atoms with Gasteiger partial charge in [-0.15, -0.1) is 0 Å². The Balaban J connectivity index is 2.40. The highest BCUT2D eigenvalue weighted by atomic mass is 16.5. The molecule has 1 aromatic rings. The summed E-state index contributed by atoms with van der Waals surface area (Å²) in [4.78, 5) is 33.6. The minimum atomic E-state index is -0.414. The van der Waals surface area contributed by atoms with E-state index in [0.717, 1.165) is 5.56 Å². The number of rotatable bonds is 6. The van der Waals surface area contributed by atoms with Crippen molar-refractivity contribution in [2.75, 3.05) is 14.2 Å². The molecule has 0 spiro atoms. The van der Waals surface area contributed by atoms with Gasteiger partial charge in [0.25, 0.3) is 0 Å². The van der Waals surface area contributed by atoms with Crippen LogP contribution in [0.15, 0.2) is 24.3 Å². The van der Waals surface area contributed by atoms with Crippen LogP contribution < -0.4 is 5.32 Å². The van der Waals surface area contributed by atoms with E-state index < -0.39 is 11.9 Å². The minimum Gasteiger partial charge on any atom is -0.469 e. The number of ether oxygens (including phenoxy) is 2. The van der Waals surface area contributed by atoms with Crippen molar-refractivity contribution in [3.8, 4) is 0 Å². The van der Waals surface area contributed by atoms with E-state index in [0.29, 0.717) is 12.1 Å². The highest BCUT2D eigenvalue weighted by Gasteiger charge is 2.07. The Morgan fingerprint density at radius 2 is 1.65 bits per heavy atom. The van der Waals surface area contributed by atoms with Crippen LogP contribution in [0.3, 0.4) is 0 Å². The third-order valence-corrected chi connectivity index (χ3v) is 2.65. The quantitative estimate of drug-likeness (QED) is 0.787. The van der Waals surface area contributed by atoms with Gasteiger partial charge in [0.1, 0.15) is 0 Å². The molecule has 108 valence electrons. The van der Waals surface area contributed by atoms with Crippen molar-refractivity contribution < 1.29 is 23.9 Å². The van der Waals surface area contributed by atoms with Crippen LogP contribution in [0.25, 0.3) is 0 Å². The van der Waals surface area contributed by atoms with Gasteiger partial charge in [0.05, 0.1) is 26.2 Å². The standard InChI is InChI=1S/C14H17NO5/c1-19-13(17)8-7-12(16)15-9-10-3-5-11(6-4-10)14(18)20-2/h3-6H,7-9H2,1-2H3,(H,15,16). The molecule has 0 saturated carbocycles. The van der Waals surface area contributed by atoms with E-state index in [1.165, 1.54) is 14.2 Å². The monoisotopic (exact) mass is 279 g/mol. The molecule has 0 aliphatic heterocycles. The number of benzene rings is 1. The van der Waals surface area contributed by atoms with Crippen molar-refractivity contribution in [3.63, 3.8) is 0 Å². The van der Waals surface area contributed by atoms with Crippen molar-refractivity contribution in [2.45, 2.75) is 19.4 Å². The van der Waals surface area contributed by atoms with Gasteiger partial charge in [-0.25, -0.2) is 4.79 Å². The van der Waals surface area contributed by atoms with Gasteiger partial charge in [-0.05, 0) is 17.7 Å². The molecule has 0 radical (unpaired) electrons. The number of esters is 2. The summed E-state index contributed by atoms with van der Waals surface area (Å²) < 4.78 is 9.03. The molecular formula is C14H17NO5. The van der Waals surface area contributed by atoms with Gasteiger partial charge >= 0.3 is 11.9 Å². The lowest BCUT2D eigenvalue weighted by Crippen LogP contribution is -2.23. The first-order chi connectivity index (χ1) is 9.56. The van der Waals surface area contributed by atoms with E-state index >= 15 is 0 Å². The van der Waals surface area contributed by atoms with Crippen molar-refractivity contribution in [2.24, 2.45) is 0 Å². The lowest BCUT2D eigenvalue weighted by molar-refractivity contribution is -0.142. The van der Waals surface area contributed by atoms with E-state index in [2.05, 4.69) is 14.8 Å². The Hall–Kier alpha value is -2.37. The fraction of sp³-hybridized carbons (Fsp3) is 0.357. The minimum absolute atomic E-state index is 0.0591. The van der Waals surface area contributed by atoms with E-state index in [-0.39, 0.29) is 18.7 Å². The summed E-state index contributed by atoms with van der Waals surface area (Å²) in [7, 11) is 2.60. The third kappa shape index (κ3) is 5.09. The number of nitrogens with one attached hydrogen (secondary N) is 1. The smallest absolute Gasteiger partial charge is 0.337 e. The highest BCUT2D eigenvalue weighted by Crippen LogP contribution is 2.05. The van der Waals surface area contributed by atoms with Gasteiger partial charge in [-0.3, -0.25) is 9.59 Å². The zero-order chi connectivity index (χ0) is 15.0. The Morgan fingerprint density at radius 3 is 2.20 bits per heavy atom. The predicted octanol–water partition coefficient (Wildman–Crippen LogP) is 1.04. The number of amides is 1. The summed E-state index contributed by atoms with van der Waals surface area (Å²) in [6, 6.07) is 6.71. The van der Waals surface area contributed by atoms with Crippen LogP contribution in [-0.2, 0) is 25.6 Å². The van der Waals surface area contributed by atoms with Crippen molar-refractivity contribution in [1.29, 1.82) is 0 Å². The van der Waals surface area contributed by atoms with E-state index in [9.17, 15) is 14.4 Å². The Kier molecular flexibility index (Phi) is 6.22. The number of methoxy groups -OCH3 is 2. The molecule has 0 aliphatic carbocycles. The molecule has 0 heterocycles. The molecule has 0 unspecified atom stereocenters. The molecule has 1 rings (SSSR count). The molecule has 6 nitrogen and oxygen atoms in total. The maximum atomic E-state index is 11.5. The summed E-state index contributed by atoms with van der Waals surface area (Å²) >= 11 is 0. The zero-order valence-corrected chi connectivity index (χ0v) is 11.5. The second-order valence-electron chi connectivity index (χ2n) is 4.04. The molecule has 1 aromatic carbocycles. The first kappa shape index (κ1) is 15.7. The van der Waals surface area contributed by atoms with E-state index in [4.69, 9.17) is 0 Å². The lowest BCUT2D eigenvalue weighted by Gasteiger charge is -2.06. The van der Waals surface area contributed by atoms with Gasteiger partial charge in [-0.1, -0.05) is 12.1 Å². The molecular weight excluding hydrogens is 262 g/mol. The Morgan fingerprint density at radius 1 is 1.00 bits per heavy atom. The molecule has 1 N–H and O–H groups in total. The molecule has 20 heavy (non-hydrogen) atoms. The number of hydrogen-bond donors (Lipinski definition) is 1. The summed E-state index contributed by atoms with van der Waals surface area (Å²) in [6.07, 6.45) is 0.149. The first-order valence-electron chi connectivity index (χ1n) is 6.07. The summed E-state index contributed by atoms with van der Waals surface area (Å²) in [5.41, 5.74) is 1.30. The SMILES string of the molecule is COC(=O)CCC(=O)NCc1ccc(C(=O)OC)cc1. The van der Waals surface area contributed by atoms with Crippen LogP contribution in [-0.4, -0.2) is 32.1 Å². The van der Waals surface area contributed by atoms with E-state index in [1.54, 1.807) is 24.3 Å². The summed E-state index contributed by atoms with van der Waals surface area (Å²) in [6.45, 7) is 0.335. The van der Waals surface area contributed by atoms with Gasteiger partial charge in [0.2, 0.25) is 5.91 Å². The van der Waals surface area contributed by atoms with Crippen LogP contribution in [0.5, 0.6) is 0 Å². The average molecular weight is 279 g/mol. The van der Waals surface area contributed by atoms with Gasteiger partial charge in [-0.2, -0.15) is 0 Å². The fourth-order valence-corrected chi connectivity index (χ4v) is 1.48. The van der Waals surface area contributed by atoms with E-state index in [1.807, 2.05) is 0 Å². The number of carbonyl (C=O) groups excluding carboxylic acids is 3. The van der Waals surface area contributed by atoms with Crippen LogP contribution in [0.2, 0.25) is 0 Å². The second-order valence-corrected chi connectivity index (χ2v) is 4.04. The van der Waals surface area contributed by atoms with Crippen molar-refractivity contribution in [3.05, 3.63) is 35.4 Å². The normalized spacial score (nSPS) is 9.70. The molecule has 0 fully saturated rings. The van der Waals surface area contributed by atoms with Crippen LogP contribution >= 0.6 is 0 Å². The molecule has 0 saturated heterocycles. The third-order valence-electron chi connectivity index (χ3n) is 2.65. The molecule has 0 aromatic heterocycles.